The highest BCUT2D eigenvalue weighted by atomic mass is 15.1. The van der Waals surface area contributed by atoms with Crippen molar-refractivity contribution < 1.29 is 0 Å². The molecule has 2 rings (SSSR count). The predicted molar refractivity (Wildman–Crippen MR) is 78.1 cm³/mol. The SMILES string of the molecule is CCN(CC)c1ccc2c(c1)CNC[C@@H]2N(C)C. The highest BCUT2D eigenvalue weighted by Gasteiger charge is 2.21. The molecule has 1 aromatic rings. The topological polar surface area (TPSA) is 18.5 Å². The first kappa shape index (κ1) is 13.4. The van der Waals surface area contributed by atoms with Crippen LogP contribution in [0.5, 0.6) is 0 Å². The maximum absolute atomic E-state index is 3.51. The zero-order valence-electron chi connectivity index (χ0n) is 12.0. The van der Waals surface area contributed by atoms with Gasteiger partial charge in [-0.05, 0) is 51.2 Å². The Balaban J connectivity index is 2.32. The Morgan fingerprint density at radius 1 is 1.22 bits per heavy atom. The van der Waals surface area contributed by atoms with Gasteiger partial charge in [0.2, 0.25) is 0 Å². The fourth-order valence-electron chi connectivity index (χ4n) is 2.77. The minimum absolute atomic E-state index is 0.500. The molecule has 1 atom stereocenters. The van der Waals surface area contributed by atoms with Crippen molar-refractivity contribution in [1.29, 1.82) is 0 Å². The molecule has 0 unspecified atom stereocenters. The number of nitrogens with zero attached hydrogens (tertiary/aromatic N) is 2. The maximum Gasteiger partial charge on any atom is 0.0470 e. The standard InChI is InChI=1S/C15H25N3/c1-5-18(6-2)13-7-8-14-12(9-13)10-16-11-15(14)17(3)4/h7-9,15-16H,5-6,10-11H2,1-4H3/t15-/m0/s1. The number of rotatable bonds is 4. The van der Waals surface area contributed by atoms with Crippen LogP contribution in [-0.4, -0.2) is 38.6 Å². The van der Waals surface area contributed by atoms with Gasteiger partial charge in [0.15, 0.2) is 0 Å². The van der Waals surface area contributed by atoms with Gasteiger partial charge in [-0.3, -0.25) is 0 Å². The summed E-state index contributed by atoms with van der Waals surface area (Å²) in [5, 5.41) is 3.51. The van der Waals surface area contributed by atoms with Crippen LogP contribution in [0.4, 0.5) is 5.69 Å². The number of fused-ring (bicyclic) bond motifs is 1. The van der Waals surface area contributed by atoms with E-state index in [0.717, 1.165) is 26.2 Å². The van der Waals surface area contributed by atoms with Gasteiger partial charge in [0, 0.05) is 37.9 Å². The number of benzene rings is 1. The summed E-state index contributed by atoms with van der Waals surface area (Å²) >= 11 is 0. The van der Waals surface area contributed by atoms with Crippen LogP contribution in [0.15, 0.2) is 18.2 Å². The lowest BCUT2D eigenvalue weighted by atomic mass is 9.95. The Kier molecular flexibility index (Phi) is 4.25. The molecule has 1 heterocycles. The lowest BCUT2D eigenvalue weighted by Gasteiger charge is -2.32. The van der Waals surface area contributed by atoms with E-state index in [-0.39, 0.29) is 0 Å². The zero-order chi connectivity index (χ0) is 13.1. The largest absolute Gasteiger partial charge is 0.372 e. The second-order valence-electron chi connectivity index (χ2n) is 5.17. The molecule has 0 spiro atoms. The highest BCUT2D eigenvalue weighted by Crippen LogP contribution is 2.29. The predicted octanol–water partition coefficient (Wildman–Crippen LogP) is 2.24. The summed E-state index contributed by atoms with van der Waals surface area (Å²) in [6.07, 6.45) is 0. The van der Waals surface area contributed by atoms with Crippen molar-refractivity contribution in [2.45, 2.75) is 26.4 Å². The maximum atomic E-state index is 3.51. The summed E-state index contributed by atoms with van der Waals surface area (Å²) in [5.74, 6) is 0. The van der Waals surface area contributed by atoms with E-state index in [1.807, 2.05) is 0 Å². The smallest absolute Gasteiger partial charge is 0.0470 e. The van der Waals surface area contributed by atoms with E-state index < -0.39 is 0 Å². The summed E-state index contributed by atoms with van der Waals surface area (Å²) in [6, 6.07) is 7.44. The Morgan fingerprint density at radius 3 is 2.56 bits per heavy atom. The molecule has 1 aliphatic heterocycles. The minimum atomic E-state index is 0.500. The van der Waals surface area contributed by atoms with Gasteiger partial charge in [-0.2, -0.15) is 0 Å². The van der Waals surface area contributed by atoms with E-state index in [1.165, 1.54) is 16.8 Å². The Hall–Kier alpha value is -1.06. The highest BCUT2D eigenvalue weighted by molar-refractivity contribution is 5.52. The number of likely N-dealkylation sites (N-methyl/N-ethyl adjacent to an activating group) is 1. The van der Waals surface area contributed by atoms with E-state index >= 15 is 0 Å². The lowest BCUT2D eigenvalue weighted by molar-refractivity contribution is 0.276. The Labute approximate surface area is 111 Å². The van der Waals surface area contributed by atoms with Gasteiger partial charge in [-0.1, -0.05) is 6.07 Å². The molecule has 0 aliphatic carbocycles. The molecule has 0 saturated heterocycles. The van der Waals surface area contributed by atoms with Crippen LogP contribution in [0, 0.1) is 0 Å². The van der Waals surface area contributed by atoms with Crippen LogP contribution in [0.3, 0.4) is 0 Å². The van der Waals surface area contributed by atoms with Crippen LogP contribution in [0.25, 0.3) is 0 Å². The van der Waals surface area contributed by atoms with Gasteiger partial charge >= 0.3 is 0 Å². The molecule has 0 saturated carbocycles. The van der Waals surface area contributed by atoms with E-state index in [4.69, 9.17) is 0 Å². The van der Waals surface area contributed by atoms with Crippen LogP contribution >= 0.6 is 0 Å². The monoisotopic (exact) mass is 247 g/mol. The molecule has 0 fully saturated rings. The van der Waals surface area contributed by atoms with Crippen LogP contribution < -0.4 is 10.2 Å². The molecule has 3 nitrogen and oxygen atoms in total. The Bertz CT molecular complexity index is 397. The third kappa shape index (κ3) is 2.52. The first-order valence-corrected chi connectivity index (χ1v) is 6.92. The zero-order valence-corrected chi connectivity index (χ0v) is 12.0. The van der Waals surface area contributed by atoms with Crippen molar-refractivity contribution in [3.05, 3.63) is 29.3 Å². The quantitative estimate of drug-likeness (QED) is 0.880. The third-order valence-electron chi connectivity index (χ3n) is 3.89. The summed E-state index contributed by atoms with van der Waals surface area (Å²) in [4.78, 5) is 4.70. The molecule has 1 aliphatic rings. The van der Waals surface area contributed by atoms with Crippen molar-refractivity contribution in [3.63, 3.8) is 0 Å². The molecule has 1 aromatic carbocycles. The first-order chi connectivity index (χ1) is 8.67. The summed E-state index contributed by atoms with van der Waals surface area (Å²) in [6.45, 7) is 8.60. The van der Waals surface area contributed by atoms with Crippen LogP contribution in [0.2, 0.25) is 0 Å². The molecule has 0 radical (unpaired) electrons. The van der Waals surface area contributed by atoms with E-state index in [1.54, 1.807) is 0 Å². The second-order valence-corrected chi connectivity index (χ2v) is 5.17. The molecule has 0 aromatic heterocycles. The van der Waals surface area contributed by atoms with Gasteiger partial charge < -0.3 is 15.1 Å². The van der Waals surface area contributed by atoms with Gasteiger partial charge in [-0.25, -0.2) is 0 Å². The number of anilines is 1. The molecule has 0 bridgehead atoms. The summed E-state index contributed by atoms with van der Waals surface area (Å²) < 4.78 is 0. The van der Waals surface area contributed by atoms with Crippen LogP contribution in [-0.2, 0) is 6.54 Å². The molecule has 18 heavy (non-hydrogen) atoms. The van der Waals surface area contributed by atoms with Crippen molar-refractivity contribution in [1.82, 2.24) is 10.2 Å². The summed E-state index contributed by atoms with van der Waals surface area (Å²) in [5.41, 5.74) is 4.28. The fraction of sp³-hybridized carbons (Fsp3) is 0.600. The summed E-state index contributed by atoms with van der Waals surface area (Å²) in [7, 11) is 4.31. The molecular weight excluding hydrogens is 222 g/mol. The second kappa shape index (κ2) is 5.72. The first-order valence-electron chi connectivity index (χ1n) is 6.92. The third-order valence-corrected chi connectivity index (χ3v) is 3.89. The molecule has 1 N–H and O–H groups in total. The fourth-order valence-corrected chi connectivity index (χ4v) is 2.77. The molecule has 100 valence electrons. The number of hydrogen-bond acceptors (Lipinski definition) is 3. The van der Waals surface area contributed by atoms with Gasteiger partial charge in [0.25, 0.3) is 0 Å². The van der Waals surface area contributed by atoms with Crippen molar-refractivity contribution >= 4 is 5.69 Å². The lowest BCUT2D eigenvalue weighted by Crippen LogP contribution is -2.36. The average molecular weight is 247 g/mol. The van der Waals surface area contributed by atoms with E-state index in [0.29, 0.717) is 6.04 Å². The van der Waals surface area contributed by atoms with E-state index in [2.05, 4.69) is 61.3 Å². The van der Waals surface area contributed by atoms with Gasteiger partial charge in [-0.15, -0.1) is 0 Å². The Morgan fingerprint density at radius 2 is 1.94 bits per heavy atom. The minimum Gasteiger partial charge on any atom is -0.372 e. The average Bonchev–Trinajstić information content (AvgIpc) is 2.39. The van der Waals surface area contributed by atoms with Crippen LogP contribution in [0.1, 0.15) is 31.0 Å². The number of hydrogen-bond donors (Lipinski definition) is 1. The van der Waals surface area contributed by atoms with Gasteiger partial charge in [0.1, 0.15) is 0 Å². The van der Waals surface area contributed by atoms with Crippen molar-refractivity contribution in [3.8, 4) is 0 Å². The van der Waals surface area contributed by atoms with Crippen molar-refractivity contribution in [2.24, 2.45) is 0 Å². The van der Waals surface area contributed by atoms with Crippen molar-refractivity contribution in [2.75, 3.05) is 38.6 Å². The van der Waals surface area contributed by atoms with E-state index in [9.17, 15) is 0 Å². The molecule has 0 amide bonds. The van der Waals surface area contributed by atoms with Gasteiger partial charge in [0.05, 0.1) is 0 Å². The normalized spacial score (nSPS) is 18.8. The number of nitrogens with one attached hydrogen (secondary N) is 1. The molecule has 3 heteroatoms. The molecular formula is C15H25N3.